The molecule has 1 heterocycles. The molecular formula is C18H19F3N2O5. The summed E-state index contributed by atoms with van der Waals surface area (Å²) in [7, 11) is 0. The van der Waals surface area contributed by atoms with Gasteiger partial charge in [0.2, 0.25) is 0 Å². The Labute approximate surface area is 158 Å². The molecule has 0 aliphatic heterocycles. The third-order valence-corrected chi connectivity index (χ3v) is 3.82. The number of ether oxygens (including phenoxy) is 2. The predicted octanol–water partition coefficient (Wildman–Crippen LogP) is 3.38. The van der Waals surface area contributed by atoms with Crippen molar-refractivity contribution >= 4 is 17.6 Å². The maximum absolute atomic E-state index is 12.1. The van der Waals surface area contributed by atoms with E-state index in [1.54, 1.807) is 20.8 Å². The van der Waals surface area contributed by atoms with E-state index in [4.69, 9.17) is 4.74 Å². The number of alkyl halides is 3. The Morgan fingerprint density at radius 3 is 2.32 bits per heavy atom. The van der Waals surface area contributed by atoms with E-state index in [2.05, 4.69) is 15.0 Å². The molecule has 7 nitrogen and oxygen atoms in total. The molecule has 3 N–H and O–H groups in total. The number of anilines is 1. The van der Waals surface area contributed by atoms with Crippen molar-refractivity contribution in [3.63, 3.8) is 0 Å². The molecule has 0 unspecified atom stereocenters. The maximum Gasteiger partial charge on any atom is 0.573 e. The number of nitrogens with one attached hydrogen (secondary N) is 2. The van der Waals surface area contributed by atoms with Crippen LogP contribution >= 0.6 is 0 Å². The van der Waals surface area contributed by atoms with Crippen LogP contribution in [0.25, 0.3) is 0 Å². The Kier molecular flexibility index (Phi) is 6.34. The van der Waals surface area contributed by atoms with Gasteiger partial charge in [0.1, 0.15) is 11.4 Å². The van der Waals surface area contributed by atoms with Crippen LogP contribution in [-0.2, 0) is 9.53 Å². The Morgan fingerprint density at radius 2 is 1.82 bits per heavy atom. The van der Waals surface area contributed by atoms with Crippen LogP contribution in [0.4, 0.5) is 18.9 Å². The van der Waals surface area contributed by atoms with Gasteiger partial charge in [-0.1, -0.05) is 0 Å². The highest BCUT2D eigenvalue weighted by Gasteiger charge is 2.31. The second-order valence-electron chi connectivity index (χ2n) is 6.04. The monoisotopic (exact) mass is 400 g/mol. The molecule has 1 amide bonds. The summed E-state index contributed by atoms with van der Waals surface area (Å²) in [6.07, 6.45) is -5.58. The molecule has 1 aromatic carbocycles. The molecule has 0 radical (unpaired) electrons. The van der Waals surface area contributed by atoms with Crippen LogP contribution in [0.2, 0.25) is 0 Å². The van der Waals surface area contributed by atoms with E-state index < -0.39 is 36.7 Å². The van der Waals surface area contributed by atoms with Gasteiger partial charge in [0.25, 0.3) is 5.91 Å². The smallest absolute Gasteiger partial charge is 0.451 e. The lowest BCUT2D eigenvalue weighted by Crippen LogP contribution is -2.21. The minimum atomic E-state index is -4.80. The number of H-pyrrole nitrogens is 1. The van der Waals surface area contributed by atoms with Gasteiger partial charge in [-0.2, -0.15) is 0 Å². The van der Waals surface area contributed by atoms with Gasteiger partial charge in [0.15, 0.2) is 6.61 Å². The number of hydrogen-bond donors (Lipinski definition) is 3. The standard InChI is InChI=1S/C18H19F3N2O5/c1-9-15(11(3)24)10(2)22-16(9)17(26)27-8-14(25)23-12-4-6-13(7-5-12)28-18(19,20)21/h4-7,11,22,24H,8H2,1-3H3,(H,23,25)/t11-/m0/s1. The number of rotatable bonds is 6. The number of aromatic amines is 1. The largest absolute Gasteiger partial charge is 0.573 e. The van der Waals surface area contributed by atoms with Crippen molar-refractivity contribution in [3.8, 4) is 5.75 Å². The van der Waals surface area contributed by atoms with Crippen molar-refractivity contribution in [2.24, 2.45) is 0 Å². The molecule has 28 heavy (non-hydrogen) atoms. The number of aliphatic hydroxyl groups excluding tert-OH is 1. The average Bonchev–Trinajstić information content (AvgIpc) is 2.88. The first-order chi connectivity index (χ1) is 13.0. The topological polar surface area (TPSA) is 101 Å². The molecule has 1 atom stereocenters. The van der Waals surface area contributed by atoms with Crippen molar-refractivity contribution in [3.05, 3.63) is 46.8 Å². The predicted molar refractivity (Wildman–Crippen MR) is 92.9 cm³/mol. The van der Waals surface area contributed by atoms with Crippen LogP contribution in [0.15, 0.2) is 24.3 Å². The van der Waals surface area contributed by atoms with Crippen LogP contribution in [0, 0.1) is 13.8 Å². The van der Waals surface area contributed by atoms with Crippen molar-refractivity contribution < 1.29 is 37.3 Å². The summed E-state index contributed by atoms with van der Waals surface area (Å²) >= 11 is 0. The van der Waals surface area contributed by atoms with Gasteiger partial charge in [-0.15, -0.1) is 13.2 Å². The molecule has 2 aromatic rings. The second kappa shape index (κ2) is 8.34. The number of aromatic nitrogens is 1. The highest BCUT2D eigenvalue weighted by Crippen LogP contribution is 2.25. The Hall–Kier alpha value is -3.01. The molecular weight excluding hydrogens is 381 g/mol. The van der Waals surface area contributed by atoms with Crippen molar-refractivity contribution in [2.45, 2.75) is 33.2 Å². The molecule has 0 saturated carbocycles. The number of carbonyl (C=O) groups excluding carboxylic acids is 2. The molecule has 10 heteroatoms. The molecule has 0 bridgehead atoms. The first kappa shape index (κ1) is 21.3. The Bertz CT molecular complexity index is 857. The molecule has 2 rings (SSSR count). The first-order valence-corrected chi connectivity index (χ1v) is 8.18. The number of amides is 1. The van der Waals surface area contributed by atoms with E-state index in [0.717, 1.165) is 12.1 Å². The van der Waals surface area contributed by atoms with Crippen LogP contribution in [0.5, 0.6) is 5.75 Å². The molecule has 0 aliphatic rings. The third kappa shape index (κ3) is 5.49. The summed E-state index contributed by atoms with van der Waals surface area (Å²) in [5.74, 6) is -1.87. The molecule has 0 saturated heterocycles. The minimum absolute atomic E-state index is 0.134. The number of carbonyl (C=O) groups is 2. The lowest BCUT2D eigenvalue weighted by Gasteiger charge is -2.10. The summed E-state index contributed by atoms with van der Waals surface area (Å²) in [5, 5.41) is 12.1. The first-order valence-electron chi connectivity index (χ1n) is 8.18. The van der Waals surface area contributed by atoms with E-state index in [0.29, 0.717) is 16.8 Å². The van der Waals surface area contributed by atoms with Gasteiger partial charge in [-0.05, 0) is 50.6 Å². The summed E-state index contributed by atoms with van der Waals surface area (Å²) in [4.78, 5) is 26.8. The number of aliphatic hydroxyl groups is 1. The summed E-state index contributed by atoms with van der Waals surface area (Å²) in [5.41, 5.74) is 2.06. The van der Waals surface area contributed by atoms with Gasteiger partial charge in [0, 0.05) is 16.9 Å². The van der Waals surface area contributed by atoms with Crippen LogP contribution in [0.3, 0.4) is 0 Å². The number of halogens is 3. The van der Waals surface area contributed by atoms with Crippen LogP contribution in [0.1, 0.15) is 40.3 Å². The molecule has 152 valence electrons. The fraction of sp³-hybridized carbons (Fsp3) is 0.333. The van der Waals surface area contributed by atoms with Crippen LogP contribution < -0.4 is 10.1 Å². The zero-order valence-corrected chi connectivity index (χ0v) is 15.3. The van der Waals surface area contributed by atoms with Crippen molar-refractivity contribution in [1.82, 2.24) is 4.98 Å². The zero-order valence-electron chi connectivity index (χ0n) is 15.3. The van der Waals surface area contributed by atoms with Gasteiger partial charge in [-0.3, -0.25) is 4.79 Å². The van der Waals surface area contributed by atoms with Gasteiger partial charge in [0.05, 0.1) is 6.10 Å². The Morgan fingerprint density at radius 1 is 1.21 bits per heavy atom. The van der Waals surface area contributed by atoms with E-state index in [9.17, 15) is 27.9 Å². The summed E-state index contributed by atoms with van der Waals surface area (Å²) < 4.78 is 45.0. The normalized spacial score (nSPS) is 12.4. The SMILES string of the molecule is Cc1[nH]c(C(=O)OCC(=O)Nc2ccc(OC(F)(F)F)cc2)c(C)c1[C@H](C)O. The van der Waals surface area contributed by atoms with E-state index >= 15 is 0 Å². The maximum atomic E-state index is 12.1. The fourth-order valence-corrected chi connectivity index (χ4v) is 2.74. The average molecular weight is 400 g/mol. The summed E-state index contributed by atoms with van der Waals surface area (Å²) in [6, 6.07) is 4.51. The lowest BCUT2D eigenvalue weighted by atomic mass is 10.1. The quantitative estimate of drug-likeness (QED) is 0.646. The summed E-state index contributed by atoms with van der Waals surface area (Å²) in [6.45, 7) is 4.31. The molecule has 0 spiro atoms. The van der Waals surface area contributed by atoms with E-state index in [-0.39, 0.29) is 11.4 Å². The lowest BCUT2D eigenvalue weighted by molar-refractivity contribution is -0.274. The highest BCUT2D eigenvalue weighted by atomic mass is 19.4. The molecule has 0 aliphatic carbocycles. The van der Waals surface area contributed by atoms with Gasteiger partial charge >= 0.3 is 12.3 Å². The Balaban J connectivity index is 1.92. The number of hydrogen-bond acceptors (Lipinski definition) is 5. The van der Waals surface area contributed by atoms with Gasteiger partial charge < -0.3 is 24.9 Å². The van der Waals surface area contributed by atoms with Gasteiger partial charge in [-0.25, -0.2) is 4.79 Å². The highest BCUT2D eigenvalue weighted by molar-refractivity contribution is 5.95. The minimum Gasteiger partial charge on any atom is -0.451 e. The van der Waals surface area contributed by atoms with Crippen molar-refractivity contribution in [2.75, 3.05) is 11.9 Å². The third-order valence-electron chi connectivity index (χ3n) is 3.82. The molecule has 0 fully saturated rings. The number of aryl methyl sites for hydroxylation is 1. The number of esters is 1. The van der Waals surface area contributed by atoms with E-state index in [1.807, 2.05) is 0 Å². The molecule has 1 aromatic heterocycles. The second-order valence-corrected chi connectivity index (χ2v) is 6.04. The number of benzene rings is 1. The van der Waals surface area contributed by atoms with E-state index in [1.165, 1.54) is 12.1 Å². The van der Waals surface area contributed by atoms with Crippen LogP contribution in [-0.4, -0.2) is 34.9 Å². The zero-order chi connectivity index (χ0) is 21.1. The van der Waals surface area contributed by atoms with Crippen molar-refractivity contribution in [1.29, 1.82) is 0 Å². The fourth-order valence-electron chi connectivity index (χ4n) is 2.74.